The molecule has 40 heavy (non-hydrogen) atoms. The molecule has 3 heterocycles. The van der Waals surface area contributed by atoms with E-state index in [9.17, 15) is 4.79 Å². The number of imidazole rings is 1. The molecule has 2 fully saturated rings. The number of carbonyl (C=O) groups is 1. The Morgan fingerprint density at radius 3 is 2.48 bits per heavy atom. The van der Waals surface area contributed by atoms with E-state index < -0.39 is 5.79 Å². The Labute approximate surface area is 239 Å². The minimum absolute atomic E-state index is 0.213. The van der Waals surface area contributed by atoms with Gasteiger partial charge < -0.3 is 38.1 Å². The number of hydrogen-bond acceptors (Lipinski definition) is 8. The Morgan fingerprint density at radius 2 is 1.80 bits per heavy atom. The van der Waals surface area contributed by atoms with Gasteiger partial charge in [0.25, 0.3) is 0 Å². The van der Waals surface area contributed by atoms with Crippen molar-refractivity contribution in [1.29, 1.82) is 0 Å². The van der Waals surface area contributed by atoms with Crippen molar-refractivity contribution < 1.29 is 28.5 Å². The van der Waals surface area contributed by atoms with E-state index in [1.54, 1.807) is 24.5 Å². The summed E-state index contributed by atoms with van der Waals surface area (Å²) in [6, 6.07) is 15.9. The van der Waals surface area contributed by atoms with E-state index in [2.05, 4.69) is 34.1 Å². The lowest BCUT2D eigenvalue weighted by Gasteiger charge is -2.40. The van der Waals surface area contributed by atoms with E-state index in [-0.39, 0.29) is 18.8 Å². The number of anilines is 1. The molecule has 0 saturated carbocycles. The Kier molecular flexibility index (Phi) is 9.56. The number of nitrogens with zero attached hydrogens (tertiary/aromatic N) is 4. The first-order valence-corrected chi connectivity index (χ1v) is 13.8. The monoisotopic (exact) mass is 570 g/mol. The third kappa shape index (κ3) is 6.94. The summed E-state index contributed by atoms with van der Waals surface area (Å²) in [7, 11) is 1.58. The van der Waals surface area contributed by atoms with Crippen LogP contribution in [0, 0.1) is 0 Å². The molecule has 2 aliphatic heterocycles. The standard InChI is InChI=1S/C29H35ClN4O6/c1-36-16-17-37-28(35)34-14-12-33(13-15-34)24-8-6-23(7-9-24)18-38-25-19-39-29(40-20-25,21-32-11-10-31-22-32)26-4-2-3-5-27(26)30/h2-11,22,25H,12-21H2,1H3/t25-,29+. The van der Waals surface area contributed by atoms with Gasteiger partial charge in [0, 0.05) is 62.0 Å². The van der Waals surface area contributed by atoms with Crippen molar-refractivity contribution in [1.82, 2.24) is 14.5 Å². The molecule has 3 aromatic rings. The second-order valence-electron chi connectivity index (χ2n) is 9.77. The van der Waals surface area contributed by atoms with Gasteiger partial charge in [0.05, 0.1) is 39.3 Å². The molecule has 1 aromatic heterocycles. The molecule has 10 nitrogen and oxygen atoms in total. The molecular weight excluding hydrogens is 536 g/mol. The SMILES string of the molecule is COCCOC(=O)N1CCN(c2ccc(CO[C@H]3CO[C@@](Cn4ccnc4)(c4ccccc4Cl)OC3)cc2)CC1. The molecular formula is C29H35ClN4O6. The van der Waals surface area contributed by atoms with Crippen LogP contribution in [-0.2, 0) is 42.6 Å². The fourth-order valence-electron chi connectivity index (χ4n) is 4.83. The third-order valence-electron chi connectivity index (χ3n) is 7.08. The summed E-state index contributed by atoms with van der Waals surface area (Å²) in [6.45, 7) is 5.02. The molecule has 2 aliphatic rings. The maximum absolute atomic E-state index is 12.1. The van der Waals surface area contributed by atoms with Crippen molar-refractivity contribution in [3.63, 3.8) is 0 Å². The number of amides is 1. The van der Waals surface area contributed by atoms with Crippen molar-refractivity contribution >= 4 is 23.4 Å². The summed E-state index contributed by atoms with van der Waals surface area (Å²) < 4.78 is 30.9. The van der Waals surface area contributed by atoms with Crippen molar-refractivity contribution in [2.24, 2.45) is 0 Å². The molecule has 2 aromatic carbocycles. The van der Waals surface area contributed by atoms with E-state index in [4.69, 9.17) is 35.3 Å². The Morgan fingerprint density at radius 1 is 1.05 bits per heavy atom. The highest BCUT2D eigenvalue weighted by atomic mass is 35.5. The van der Waals surface area contributed by atoms with Gasteiger partial charge in [0.15, 0.2) is 0 Å². The van der Waals surface area contributed by atoms with Gasteiger partial charge in [-0.3, -0.25) is 0 Å². The average molecular weight is 571 g/mol. The van der Waals surface area contributed by atoms with Crippen LogP contribution in [0.1, 0.15) is 11.1 Å². The van der Waals surface area contributed by atoms with Crippen LogP contribution in [0.3, 0.4) is 0 Å². The predicted octanol–water partition coefficient (Wildman–Crippen LogP) is 3.93. The fourth-order valence-corrected chi connectivity index (χ4v) is 5.11. The number of halogens is 1. The van der Waals surface area contributed by atoms with Crippen LogP contribution < -0.4 is 4.90 Å². The molecule has 5 rings (SSSR count). The van der Waals surface area contributed by atoms with Gasteiger partial charge in [-0.1, -0.05) is 41.9 Å². The minimum atomic E-state index is -1.02. The Hall–Kier alpha value is -3.15. The number of aromatic nitrogens is 2. The highest BCUT2D eigenvalue weighted by molar-refractivity contribution is 6.31. The topological polar surface area (TPSA) is 87.5 Å². The van der Waals surface area contributed by atoms with Crippen LogP contribution in [0.2, 0.25) is 5.02 Å². The normalized spacial score (nSPS) is 21.4. The largest absolute Gasteiger partial charge is 0.447 e. The number of carbonyl (C=O) groups excluding carboxylic acids is 1. The Bertz CT molecular complexity index is 1210. The lowest BCUT2D eigenvalue weighted by Crippen LogP contribution is -2.49. The van der Waals surface area contributed by atoms with Crippen LogP contribution in [-0.4, -0.2) is 86.4 Å². The number of methoxy groups -OCH3 is 1. The van der Waals surface area contributed by atoms with Crippen LogP contribution >= 0.6 is 11.6 Å². The zero-order valence-electron chi connectivity index (χ0n) is 22.6. The zero-order chi connectivity index (χ0) is 27.8. The first-order chi connectivity index (χ1) is 19.6. The summed E-state index contributed by atoms with van der Waals surface area (Å²) >= 11 is 6.53. The average Bonchev–Trinajstić information content (AvgIpc) is 3.50. The summed E-state index contributed by atoms with van der Waals surface area (Å²) in [5, 5.41) is 0.588. The lowest BCUT2D eigenvalue weighted by molar-refractivity contribution is -0.313. The quantitative estimate of drug-likeness (QED) is 0.339. The van der Waals surface area contributed by atoms with Gasteiger partial charge in [0.1, 0.15) is 12.7 Å². The number of piperazine rings is 1. The molecule has 0 N–H and O–H groups in total. The molecule has 0 unspecified atom stereocenters. The van der Waals surface area contributed by atoms with Gasteiger partial charge in [-0.25, -0.2) is 9.78 Å². The van der Waals surface area contributed by atoms with Crippen LogP contribution in [0.5, 0.6) is 0 Å². The third-order valence-corrected chi connectivity index (χ3v) is 7.41. The summed E-state index contributed by atoms with van der Waals surface area (Å²) in [6.07, 6.45) is 4.83. The van der Waals surface area contributed by atoms with Crippen LogP contribution in [0.15, 0.2) is 67.3 Å². The molecule has 0 spiro atoms. The number of ether oxygens (including phenoxy) is 5. The molecule has 0 bridgehead atoms. The molecule has 214 valence electrons. The van der Waals surface area contributed by atoms with E-state index >= 15 is 0 Å². The summed E-state index contributed by atoms with van der Waals surface area (Å²) in [5.41, 5.74) is 2.96. The molecule has 0 aliphatic carbocycles. The number of hydrogen-bond donors (Lipinski definition) is 0. The van der Waals surface area contributed by atoms with Gasteiger partial charge in [0.2, 0.25) is 5.79 Å². The highest BCUT2D eigenvalue weighted by Gasteiger charge is 2.41. The molecule has 2 saturated heterocycles. The number of benzene rings is 2. The molecule has 1 amide bonds. The van der Waals surface area contributed by atoms with Crippen molar-refractivity contribution in [3.05, 3.63) is 83.4 Å². The van der Waals surface area contributed by atoms with Gasteiger partial charge in [-0.15, -0.1) is 0 Å². The summed E-state index contributed by atoms with van der Waals surface area (Å²) in [5.74, 6) is -1.02. The first-order valence-electron chi connectivity index (χ1n) is 13.4. The van der Waals surface area contributed by atoms with E-state index in [0.29, 0.717) is 51.1 Å². The fraction of sp³-hybridized carbons (Fsp3) is 0.448. The maximum Gasteiger partial charge on any atom is 0.409 e. The van der Waals surface area contributed by atoms with Gasteiger partial charge >= 0.3 is 6.09 Å². The summed E-state index contributed by atoms with van der Waals surface area (Å²) in [4.78, 5) is 20.3. The maximum atomic E-state index is 12.1. The smallest absolute Gasteiger partial charge is 0.409 e. The van der Waals surface area contributed by atoms with Crippen molar-refractivity contribution in [2.75, 3.05) is 64.6 Å². The number of rotatable bonds is 10. The van der Waals surface area contributed by atoms with Crippen molar-refractivity contribution in [3.8, 4) is 0 Å². The van der Waals surface area contributed by atoms with E-state index in [0.717, 1.165) is 29.9 Å². The van der Waals surface area contributed by atoms with Gasteiger partial charge in [-0.2, -0.15) is 0 Å². The molecule has 0 atom stereocenters. The van der Waals surface area contributed by atoms with Crippen LogP contribution in [0.4, 0.5) is 10.5 Å². The van der Waals surface area contributed by atoms with E-state index in [1.807, 2.05) is 35.0 Å². The Balaban J connectivity index is 1.11. The molecule has 11 heteroatoms. The second-order valence-corrected chi connectivity index (χ2v) is 10.2. The van der Waals surface area contributed by atoms with Crippen LogP contribution in [0.25, 0.3) is 0 Å². The first kappa shape index (κ1) is 28.4. The van der Waals surface area contributed by atoms with Gasteiger partial charge in [-0.05, 0) is 23.8 Å². The molecule has 0 radical (unpaired) electrons. The zero-order valence-corrected chi connectivity index (χ0v) is 23.4. The van der Waals surface area contributed by atoms with E-state index in [1.165, 1.54) is 0 Å². The lowest BCUT2D eigenvalue weighted by atomic mass is 10.0. The van der Waals surface area contributed by atoms with Crippen molar-refractivity contribution in [2.45, 2.75) is 25.0 Å². The second kappa shape index (κ2) is 13.5. The highest BCUT2D eigenvalue weighted by Crippen LogP contribution is 2.37. The predicted molar refractivity (Wildman–Crippen MR) is 149 cm³/mol. The minimum Gasteiger partial charge on any atom is -0.447 e.